The van der Waals surface area contributed by atoms with E-state index in [-0.39, 0.29) is 11.8 Å². The van der Waals surface area contributed by atoms with Crippen molar-refractivity contribution in [1.82, 2.24) is 5.32 Å². The van der Waals surface area contributed by atoms with E-state index < -0.39 is 0 Å². The Hall–Kier alpha value is -0.570. The van der Waals surface area contributed by atoms with E-state index in [1.54, 1.807) is 0 Å². The van der Waals surface area contributed by atoms with Gasteiger partial charge < -0.3 is 10.1 Å². The average Bonchev–Trinajstić information content (AvgIpc) is 2.29. The average molecular weight is 271 g/mol. The molecule has 114 valence electrons. The molecule has 3 heteroatoms. The van der Waals surface area contributed by atoms with Crippen molar-refractivity contribution >= 4 is 5.91 Å². The van der Waals surface area contributed by atoms with Gasteiger partial charge in [-0.3, -0.25) is 4.79 Å². The van der Waals surface area contributed by atoms with E-state index in [1.807, 2.05) is 13.8 Å². The first-order chi connectivity index (χ1) is 8.83. The molecule has 0 heterocycles. The van der Waals surface area contributed by atoms with Crippen molar-refractivity contribution in [3.63, 3.8) is 0 Å². The Morgan fingerprint density at radius 3 is 2.16 bits per heavy atom. The van der Waals surface area contributed by atoms with Gasteiger partial charge in [0.15, 0.2) is 0 Å². The van der Waals surface area contributed by atoms with Gasteiger partial charge in [-0.1, -0.05) is 41.0 Å². The van der Waals surface area contributed by atoms with E-state index in [2.05, 4.69) is 26.1 Å². The molecule has 0 atom stereocenters. The lowest BCUT2D eigenvalue weighted by Crippen LogP contribution is -2.28. The minimum absolute atomic E-state index is 0.0825. The van der Waals surface area contributed by atoms with Crippen molar-refractivity contribution < 1.29 is 9.53 Å². The number of hydrogen-bond donors (Lipinski definition) is 1. The second-order valence-electron chi connectivity index (χ2n) is 6.78. The van der Waals surface area contributed by atoms with Gasteiger partial charge in [0.2, 0.25) is 5.91 Å². The van der Waals surface area contributed by atoms with Crippen molar-refractivity contribution in [2.45, 2.75) is 66.7 Å². The fraction of sp³-hybridized carbons (Fsp3) is 0.938. The lowest BCUT2D eigenvalue weighted by molar-refractivity contribution is -0.123. The zero-order valence-corrected chi connectivity index (χ0v) is 13.6. The van der Waals surface area contributed by atoms with Crippen LogP contribution in [0.1, 0.15) is 66.7 Å². The van der Waals surface area contributed by atoms with Crippen LogP contribution in [-0.2, 0) is 9.53 Å². The molecule has 0 saturated carbocycles. The lowest BCUT2D eigenvalue weighted by atomic mass is 9.90. The summed E-state index contributed by atoms with van der Waals surface area (Å²) in [7, 11) is 0. The van der Waals surface area contributed by atoms with E-state index in [0.29, 0.717) is 5.41 Å². The molecule has 0 saturated heterocycles. The minimum Gasteiger partial charge on any atom is -0.381 e. The summed E-state index contributed by atoms with van der Waals surface area (Å²) in [4.78, 5) is 11.3. The fourth-order valence-corrected chi connectivity index (χ4v) is 1.71. The summed E-state index contributed by atoms with van der Waals surface area (Å²) in [5, 5.41) is 2.92. The second-order valence-corrected chi connectivity index (χ2v) is 6.78. The van der Waals surface area contributed by atoms with Gasteiger partial charge in [-0.05, 0) is 31.1 Å². The van der Waals surface area contributed by atoms with Crippen LogP contribution in [0.15, 0.2) is 0 Å². The van der Waals surface area contributed by atoms with Gasteiger partial charge >= 0.3 is 0 Å². The summed E-state index contributed by atoms with van der Waals surface area (Å²) in [5.41, 5.74) is 0.439. The van der Waals surface area contributed by atoms with Gasteiger partial charge in [-0.15, -0.1) is 0 Å². The van der Waals surface area contributed by atoms with Crippen LogP contribution in [0, 0.1) is 11.3 Å². The van der Waals surface area contributed by atoms with E-state index in [0.717, 1.165) is 39.0 Å². The van der Waals surface area contributed by atoms with E-state index >= 15 is 0 Å². The zero-order valence-electron chi connectivity index (χ0n) is 13.6. The van der Waals surface area contributed by atoms with Crippen LogP contribution in [0.2, 0.25) is 0 Å². The van der Waals surface area contributed by atoms with Gasteiger partial charge in [0.05, 0.1) is 0 Å². The van der Waals surface area contributed by atoms with Gasteiger partial charge in [0.25, 0.3) is 0 Å². The highest BCUT2D eigenvalue weighted by Gasteiger charge is 2.08. The molecule has 0 aliphatic carbocycles. The number of unbranched alkanes of at least 4 members (excludes halogenated alkanes) is 2. The van der Waals surface area contributed by atoms with Crippen molar-refractivity contribution in [3.8, 4) is 0 Å². The molecule has 0 rings (SSSR count). The molecular weight excluding hydrogens is 238 g/mol. The van der Waals surface area contributed by atoms with Gasteiger partial charge in [-0.25, -0.2) is 0 Å². The van der Waals surface area contributed by atoms with Crippen LogP contribution in [0.25, 0.3) is 0 Å². The van der Waals surface area contributed by atoms with E-state index in [1.165, 1.54) is 12.8 Å². The van der Waals surface area contributed by atoms with Crippen molar-refractivity contribution in [2.24, 2.45) is 11.3 Å². The number of carbonyl (C=O) groups is 1. The van der Waals surface area contributed by atoms with E-state index in [9.17, 15) is 4.79 Å². The highest BCUT2D eigenvalue weighted by atomic mass is 16.5. The first kappa shape index (κ1) is 18.4. The molecule has 0 unspecified atom stereocenters. The van der Waals surface area contributed by atoms with Crippen LogP contribution in [-0.4, -0.2) is 25.7 Å². The topological polar surface area (TPSA) is 38.3 Å². The summed E-state index contributed by atoms with van der Waals surface area (Å²) in [5.74, 6) is 0.224. The number of amides is 1. The maximum absolute atomic E-state index is 11.3. The molecule has 0 aromatic rings. The van der Waals surface area contributed by atoms with Gasteiger partial charge in [0.1, 0.15) is 0 Å². The smallest absolute Gasteiger partial charge is 0.222 e. The Balaban J connectivity index is 3.18. The summed E-state index contributed by atoms with van der Waals surface area (Å²) in [6.45, 7) is 13.1. The molecule has 0 fully saturated rings. The highest BCUT2D eigenvalue weighted by Crippen LogP contribution is 2.21. The molecule has 19 heavy (non-hydrogen) atoms. The quantitative estimate of drug-likeness (QED) is 0.614. The molecule has 0 aromatic heterocycles. The third-order valence-corrected chi connectivity index (χ3v) is 3.00. The molecule has 0 aromatic carbocycles. The Morgan fingerprint density at radius 2 is 1.63 bits per heavy atom. The van der Waals surface area contributed by atoms with Crippen LogP contribution >= 0.6 is 0 Å². The first-order valence-electron chi connectivity index (χ1n) is 7.68. The van der Waals surface area contributed by atoms with Crippen LogP contribution in [0.5, 0.6) is 0 Å². The Bertz CT molecular complexity index is 231. The van der Waals surface area contributed by atoms with Crippen LogP contribution in [0.3, 0.4) is 0 Å². The van der Waals surface area contributed by atoms with Gasteiger partial charge in [0, 0.05) is 25.7 Å². The van der Waals surface area contributed by atoms with Crippen LogP contribution < -0.4 is 5.32 Å². The van der Waals surface area contributed by atoms with Crippen molar-refractivity contribution in [3.05, 3.63) is 0 Å². The summed E-state index contributed by atoms with van der Waals surface area (Å²) < 4.78 is 5.59. The summed E-state index contributed by atoms with van der Waals surface area (Å²) >= 11 is 0. The van der Waals surface area contributed by atoms with E-state index in [4.69, 9.17) is 4.74 Å². The SMILES string of the molecule is CC(C)C(=O)NCCCCOCCCCC(C)(C)C. The second kappa shape index (κ2) is 10.2. The third-order valence-electron chi connectivity index (χ3n) is 3.00. The first-order valence-corrected chi connectivity index (χ1v) is 7.68. The molecule has 1 N–H and O–H groups in total. The maximum Gasteiger partial charge on any atom is 0.222 e. The normalized spacial score (nSPS) is 11.9. The van der Waals surface area contributed by atoms with Crippen LogP contribution in [0.4, 0.5) is 0 Å². The molecule has 0 radical (unpaired) electrons. The largest absolute Gasteiger partial charge is 0.381 e. The number of ether oxygens (including phenoxy) is 1. The zero-order chi connectivity index (χ0) is 14.7. The molecule has 0 aliphatic heterocycles. The molecule has 1 amide bonds. The maximum atomic E-state index is 11.3. The highest BCUT2D eigenvalue weighted by molar-refractivity contribution is 5.77. The molecule has 0 spiro atoms. The molecule has 0 aliphatic rings. The number of nitrogens with one attached hydrogen (secondary N) is 1. The third kappa shape index (κ3) is 13.7. The van der Waals surface area contributed by atoms with Crippen molar-refractivity contribution in [2.75, 3.05) is 19.8 Å². The Kier molecular flexibility index (Phi) is 9.94. The summed E-state index contributed by atoms with van der Waals surface area (Å²) in [6.07, 6.45) is 5.69. The standard InChI is InChI=1S/C16H33NO2/c1-14(2)15(18)17-11-7-9-13-19-12-8-6-10-16(3,4)5/h14H,6-13H2,1-5H3,(H,17,18). The minimum atomic E-state index is 0.0825. The Labute approximate surface area is 119 Å². The molecule has 3 nitrogen and oxygen atoms in total. The number of hydrogen-bond acceptors (Lipinski definition) is 2. The van der Waals surface area contributed by atoms with Crippen molar-refractivity contribution in [1.29, 1.82) is 0 Å². The molecular formula is C16H33NO2. The molecule has 0 bridgehead atoms. The van der Waals surface area contributed by atoms with Gasteiger partial charge in [-0.2, -0.15) is 0 Å². The predicted octanol–water partition coefficient (Wildman–Crippen LogP) is 3.77. The number of rotatable bonds is 10. The number of carbonyl (C=O) groups excluding carboxylic acids is 1. The Morgan fingerprint density at radius 1 is 1.05 bits per heavy atom. The predicted molar refractivity (Wildman–Crippen MR) is 81.2 cm³/mol. The monoisotopic (exact) mass is 271 g/mol. The summed E-state index contributed by atoms with van der Waals surface area (Å²) in [6, 6.07) is 0. The lowest BCUT2D eigenvalue weighted by Gasteiger charge is -2.17. The fourth-order valence-electron chi connectivity index (χ4n) is 1.71.